The Morgan fingerprint density at radius 2 is 1.39 bits per heavy atom. The van der Waals surface area contributed by atoms with Crippen LogP contribution >= 0.6 is 0 Å². The van der Waals surface area contributed by atoms with Crippen molar-refractivity contribution in [2.45, 2.75) is 25.7 Å². The first kappa shape index (κ1) is 22.1. The Bertz CT molecular complexity index is 1180. The highest BCUT2D eigenvalue weighted by atomic mass is 16.7. The van der Waals surface area contributed by atoms with Crippen LogP contribution in [0.1, 0.15) is 46.4 Å². The third-order valence-corrected chi connectivity index (χ3v) is 5.77. The molecular weight excluding hydrogens is 420 g/mol. The van der Waals surface area contributed by atoms with Crippen LogP contribution in [0.25, 0.3) is 11.1 Å². The number of carbonyl (C=O) groups excluding carboxylic acids is 2. The first-order valence-corrected chi connectivity index (χ1v) is 10.8. The lowest BCUT2D eigenvalue weighted by atomic mass is 9.93. The Labute approximate surface area is 190 Å². The number of nitro groups is 1. The number of benzene rings is 3. The van der Waals surface area contributed by atoms with E-state index in [4.69, 9.17) is 4.84 Å². The second-order valence-electron chi connectivity index (χ2n) is 7.91. The average Bonchev–Trinajstić information content (AvgIpc) is 3.39. The van der Waals surface area contributed by atoms with Crippen LogP contribution in [0.15, 0.2) is 84.0 Å². The highest BCUT2D eigenvalue weighted by Crippen LogP contribution is 2.29. The molecule has 0 amide bonds. The summed E-state index contributed by atoms with van der Waals surface area (Å²) in [5.41, 5.74) is 2.74. The summed E-state index contributed by atoms with van der Waals surface area (Å²) in [4.78, 5) is 41.1. The molecule has 1 fully saturated rings. The molecule has 0 bridgehead atoms. The van der Waals surface area contributed by atoms with E-state index in [0.717, 1.165) is 36.8 Å². The molecule has 7 heteroatoms. The van der Waals surface area contributed by atoms with Crippen molar-refractivity contribution in [3.63, 3.8) is 0 Å². The van der Waals surface area contributed by atoms with Gasteiger partial charge in [-0.05, 0) is 48.2 Å². The number of hydrogen-bond acceptors (Lipinski definition) is 6. The highest BCUT2D eigenvalue weighted by Gasteiger charge is 2.28. The maximum atomic E-state index is 13.3. The Morgan fingerprint density at radius 1 is 0.818 bits per heavy atom. The summed E-state index contributed by atoms with van der Waals surface area (Å²) in [6, 6.07) is 21.7. The van der Waals surface area contributed by atoms with Crippen LogP contribution in [-0.2, 0) is 4.84 Å². The van der Waals surface area contributed by atoms with Crippen LogP contribution in [0.3, 0.4) is 0 Å². The van der Waals surface area contributed by atoms with E-state index in [-0.39, 0.29) is 23.1 Å². The molecule has 0 N–H and O–H groups in total. The summed E-state index contributed by atoms with van der Waals surface area (Å²) < 4.78 is 0. The van der Waals surface area contributed by atoms with Crippen LogP contribution in [0.4, 0.5) is 5.69 Å². The smallest absolute Gasteiger partial charge is 0.312 e. The Balaban J connectivity index is 1.54. The largest absolute Gasteiger partial charge is 0.365 e. The van der Waals surface area contributed by atoms with Crippen molar-refractivity contribution in [2.75, 3.05) is 0 Å². The molecule has 166 valence electrons. The van der Waals surface area contributed by atoms with Crippen molar-refractivity contribution < 1.29 is 19.3 Å². The Kier molecular flexibility index (Phi) is 6.69. The van der Waals surface area contributed by atoms with Gasteiger partial charge in [0.1, 0.15) is 5.71 Å². The lowest BCUT2D eigenvalue weighted by Crippen LogP contribution is -2.23. The lowest BCUT2D eigenvalue weighted by Gasteiger charge is -2.12. The normalized spacial score (nSPS) is 14.1. The van der Waals surface area contributed by atoms with Gasteiger partial charge in [-0.2, -0.15) is 0 Å². The molecule has 0 heterocycles. The first-order valence-electron chi connectivity index (χ1n) is 10.8. The summed E-state index contributed by atoms with van der Waals surface area (Å²) in [5.74, 6) is -0.916. The number of oxime groups is 1. The number of carbonyl (C=O) groups is 2. The molecule has 4 rings (SSSR count). The van der Waals surface area contributed by atoms with Crippen LogP contribution in [-0.4, -0.2) is 22.4 Å². The number of non-ortho nitro benzene ring substituents is 1. The number of hydrogen-bond donors (Lipinski definition) is 0. The molecule has 1 aliphatic carbocycles. The summed E-state index contributed by atoms with van der Waals surface area (Å²) in [5, 5.41) is 14.9. The van der Waals surface area contributed by atoms with Crippen LogP contribution in [0, 0.1) is 16.0 Å². The minimum Gasteiger partial charge on any atom is -0.312 e. The van der Waals surface area contributed by atoms with Gasteiger partial charge in [-0.3, -0.25) is 14.9 Å². The van der Waals surface area contributed by atoms with E-state index in [1.165, 1.54) is 12.1 Å². The zero-order chi connectivity index (χ0) is 23.2. The Hall–Kier alpha value is -4.13. The summed E-state index contributed by atoms with van der Waals surface area (Å²) in [6.45, 7) is 0. The molecule has 0 unspecified atom stereocenters. The quantitative estimate of drug-likeness (QED) is 0.150. The predicted octanol–water partition coefficient (Wildman–Crippen LogP) is 5.85. The van der Waals surface area contributed by atoms with Crippen LogP contribution in [0.5, 0.6) is 0 Å². The van der Waals surface area contributed by atoms with Gasteiger partial charge >= 0.3 is 5.97 Å². The molecule has 0 atom stereocenters. The second kappa shape index (κ2) is 9.99. The standard InChI is InChI=1S/C26H22N2O5/c29-25(21-12-10-18(11-13-21)19-14-16-23(17-15-19)28(31)32)24(20-6-4-5-7-20)27-33-26(30)22-8-2-1-3-9-22/h1-3,8-17,20H,4-7H2/b27-24-. The minimum atomic E-state index is -0.604. The maximum Gasteiger partial charge on any atom is 0.365 e. The fourth-order valence-electron chi connectivity index (χ4n) is 3.96. The molecule has 7 nitrogen and oxygen atoms in total. The zero-order valence-electron chi connectivity index (χ0n) is 17.8. The van der Waals surface area contributed by atoms with Crippen molar-refractivity contribution in [1.29, 1.82) is 0 Å². The van der Waals surface area contributed by atoms with Crippen molar-refractivity contribution in [3.8, 4) is 11.1 Å². The predicted molar refractivity (Wildman–Crippen MR) is 124 cm³/mol. The molecule has 0 saturated heterocycles. The number of nitro benzene ring substituents is 1. The molecule has 3 aromatic carbocycles. The van der Waals surface area contributed by atoms with E-state index in [9.17, 15) is 19.7 Å². The molecule has 33 heavy (non-hydrogen) atoms. The first-order chi connectivity index (χ1) is 16.0. The summed E-state index contributed by atoms with van der Waals surface area (Å²) in [7, 11) is 0. The van der Waals surface area contributed by atoms with Crippen molar-refractivity contribution in [1.82, 2.24) is 0 Å². The van der Waals surface area contributed by atoms with Gasteiger partial charge in [0.25, 0.3) is 5.69 Å². The summed E-state index contributed by atoms with van der Waals surface area (Å²) >= 11 is 0. The van der Waals surface area contributed by atoms with Gasteiger partial charge in [-0.25, -0.2) is 4.79 Å². The fraction of sp³-hybridized carbons (Fsp3) is 0.192. The number of rotatable bonds is 7. The van der Waals surface area contributed by atoms with Crippen LogP contribution in [0.2, 0.25) is 0 Å². The molecule has 1 aliphatic rings. The highest BCUT2D eigenvalue weighted by molar-refractivity contribution is 6.46. The second-order valence-corrected chi connectivity index (χ2v) is 7.91. The SMILES string of the molecule is O=C(O/N=C(\C(=O)c1ccc(-c2ccc([N+](=O)[O-])cc2)cc1)C1CCCC1)c1ccccc1. The van der Waals surface area contributed by atoms with Crippen LogP contribution < -0.4 is 0 Å². The van der Waals surface area contributed by atoms with Crippen molar-refractivity contribution in [2.24, 2.45) is 11.1 Å². The summed E-state index contributed by atoms with van der Waals surface area (Å²) in [6.07, 6.45) is 3.66. The molecule has 3 aromatic rings. The maximum absolute atomic E-state index is 13.3. The third-order valence-electron chi connectivity index (χ3n) is 5.77. The minimum absolute atomic E-state index is 0.0213. The van der Waals surface area contributed by atoms with E-state index < -0.39 is 10.9 Å². The van der Waals surface area contributed by atoms with Gasteiger partial charge in [0, 0.05) is 23.6 Å². The molecular formula is C26H22N2O5. The van der Waals surface area contributed by atoms with Gasteiger partial charge in [0.2, 0.25) is 5.78 Å². The molecule has 0 aromatic heterocycles. The van der Waals surface area contributed by atoms with E-state index in [1.807, 2.05) is 0 Å². The Morgan fingerprint density at radius 3 is 1.97 bits per heavy atom. The topological polar surface area (TPSA) is 98.9 Å². The third kappa shape index (κ3) is 5.20. The van der Waals surface area contributed by atoms with E-state index in [1.54, 1.807) is 66.7 Å². The van der Waals surface area contributed by atoms with Gasteiger partial charge in [0.05, 0.1) is 10.5 Å². The van der Waals surface area contributed by atoms with Crippen molar-refractivity contribution >= 4 is 23.2 Å². The number of nitrogens with zero attached hydrogens (tertiary/aromatic N) is 2. The van der Waals surface area contributed by atoms with Gasteiger partial charge in [-0.1, -0.05) is 60.5 Å². The van der Waals surface area contributed by atoms with E-state index in [0.29, 0.717) is 11.1 Å². The van der Waals surface area contributed by atoms with Gasteiger partial charge in [0.15, 0.2) is 0 Å². The van der Waals surface area contributed by atoms with Gasteiger partial charge < -0.3 is 4.84 Å². The monoisotopic (exact) mass is 442 g/mol. The van der Waals surface area contributed by atoms with Gasteiger partial charge in [-0.15, -0.1) is 0 Å². The fourth-order valence-corrected chi connectivity index (χ4v) is 3.96. The average molecular weight is 442 g/mol. The molecule has 1 saturated carbocycles. The number of Topliss-reactive ketones (excluding diaryl/α,β-unsaturated/α-hetero) is 1. The molecule has 0 radical (unpaired) electrons. The lowest BCUT2D eigenvalue weighted by molar-refractivity contribution is -0.384. The van der Waals surface area contributed by atoms with E-state index >= 15 is 0 Å². The zero-order valence-corrected chi connectivity index (χ0v) is 17.8. The number of ketones is 1. The molecule has 0 spiro atoms. The van der Waals surface area contributed by atoms with E-state index in [2.05, 4.69) is 5.16 Å². The van der Waals surface area contributed by atoms with Crippen molar-refractivity contribution in [3.05, 3.63) is 100 Å². The molecule has 0 aliphatic heterocycles.